The molecule has 114 valence electrons. The number of anilines is 1. The second-order valence-corrected chi connectivity index (χ2v) is 6.24. The lowest BCUT2D eigenvalue weighted by Crippen LogP contribution is -2.51. The maximum Gasteiger partial charge on any atom is 0.142 e. The Morgan fingerprint density at radius 2 is 2.05 bits per heavy atom. The topological polar surface area (TPSA) is 24.5 Å². The molecule has 0 spiro atoms. The van der Waals surface area contributed by atoms with Crippen molar-refractivity contribution >= 4 is 5.69 Å². The van der Waals surface area contributed by atoms with Crippen molar-refractivity contribution in [1.82, 2.24) is 5.32 Å². The van der Waals surface area contributed by atoms with Crippen LogP contribution in [0.3, 0.4) is 0 Å². The van der Waals surface area contributed by atoms with Gasteiger partial charge in [-0.2, -0.15) is 0 Å². The molecule has 0 radical (unpaired) electrons. The van der Waals surface area contributed by atoms with Crippen molar-refractivity contribution in [2.24, 2.45) is 0 Å². The number of nitrogens with one attached hydrogen (secondary N) is 1. The van der Waals surface area contributed by atoms with Gasteiger partial charge >= 0.3 is 0 Å². The highest BCUT2D eigenvalue weighted by atomic mass is 16.5. The average molecular weight is 294 g/mol. The highest BCUT2D eigenvalue weighted by Crippen LogP contribution is 2.37. The fourth-order valence-corrected chi connectivity index (χ4v) is 3.51. The van der Waals surface area contributed by atoms with Crippen LogP contribution in [0.4, 0.5) is 5.69 Å². The molecule has 1 saturated heterocycles. The summed E-state index contributed by atoms with van der Waals surface area (Å²) in [4.78, 5) is 2.53. The number of hydrogen-bond donors (Lipinski definition) is 1. The Balaban J connectivity index is 1.77. The second kappa shape index (κ2) is 5.65. The summed E-state index contributed by atoms with van der Waals surface area (Å²) in [6.45, 7) is 6.10. The van der Waals surface area contributed by atoms with Crippen molar-refractivity contribution in [2.45, 2.75) is 19.4 Å². The molecule has 2 aliphatic heterocycles. The Morgan fingerprint density at radius 1 is 1.14 bits per heavy atom. The number of nitrogens with zero attached hydrogens (tertiary/aromatic N) is 1. The summed E-state index contributed by atoms with van der Waals surface area (Å²) < 4.78 is 5.99. The third-order valence-corrected chi connectivity index (χ3v) is 4.68. The van der Waals surface area contributed by atoms with Crippen LogP contribution < -0.4 is 15.0 Å². The number of aryl methyl sites for hydroxylation is 1. The number of piperazine rings is 1. The molecule has 1 atom stereocenters. The molecule has 0 aromatic heterocycles. The minimum absolute atomic E-state index is 0.544. The van der Waals surface area contributed by atoms with Crippen LogP contribution >= 0.6 is 0 Å². The standard InChI is InChI=1S/C19H22N2O/c1-14-3-2-4-15(11-14)16-5-6-19-18(12-16)21-9-8-20-13-17(21)7-10-22-19/h2-6,11-12,17,20H,7-10,13H2,1H3. The predicted molar refractivity (Wildman–Crippen MR) is 90.7 cm³/mol. The molecular formula is C19H22N2O. The maximum absolute atomic E-state index is 5.99. The summed E-state index contributed by atoms with van der Waals surface area (Å²) >= 11 is 0. The van der Waals surface area contributed by atoms with Crippen LogP contribution in [0.15, 0.2) is 42.5 Å². The van der Waals surface area contributed by atoms with Crippen molar-refractivity contribution in [3.05, 3.63) is 48.0 Å². The second-order valence-electron chi connectivity index (χ2n) is 6.24. The summed E-state index contributed by atoms with van der Waals surface area (Å²) in [6, 6.07) is 15.8. The molecule has 2 aliphatic rings. The molecule has 1 unspecified atom stereocenters. The molecule has 3 heteroatoms. The first-order chi connectivity index (χ1) is 10.8. The van der Waals surface area contributed by atoms with Crippen LogP contribution in [0.2, 0.25) is 0 Å². The number of ether oxygens (including phenoxy) is 1. The highest BCUT2D eigenvalue weighted by molar-refractivity contribution is 5.73. The van der Waals surface area contributed by atoms with Crippen molar-refractivity contribution in [2.75, 3.05) is 31.1 Å². The van der Waals surface area contributed by atoms with Gasteiger partial charge in [-0.15, -0.1) is 0 Å². The molecule has 22 heavy (non-hydrogen) atoms. The van der Waals surface area contributed by atoms with Crippen LogP contribution in [0.25, 0.3) is 11.1 Å². The largest absolute Gasteiger partial charge is 0.491 e. The Hall–Kier alpha value is -2.00. The van der Waals surface area contributed by atoms with Gasteiger partial charge in [-0.3, -0.25) is 0 Å². The normalized spacial score (nSPS) is 20.6. The Kier molecular flexibility index (Phi) is 3.51. The quantitative estimate of drug-likeness (QED) is 0.874. The van der Waals surface area contributed by atoms with Gasteiger partial charge in [0.25, 0.3) is 0 Å². The molecule has 2 aromatic rings. The fourth-order valence-electron chi connectivity index (χ4n) is 3.51. The first-order valence-electron chi connectivity index (χ1n) is 8.12. The third-order valence-electron chi connectivity index (χ3n) is 4.68. The molecular weight excluding hydrogens is 272 g/mol. The van der Waals surface area contributed by atoms with E-state index in [1.807, 2.05) is 0 Å². The first kappa shape index (κ1) is 13.6. The van der Waals surface area contributed by atoms with E-state index in [0.717, 1.165) is 38.4 Å². The van der Waals surface area contributed by atoms with Gasteiger partial charge in [-0.1, -0.05) is 35.9 Å². The first-order valence-corrected chi connectivity index (χ1v) is 8.12. The van der Waals surface area contributed by atoms with Gasteiger partial charge in [0.2, 0.25) is 0 Å². The smallest absolute Gasteiger partial charge is 0.142 e. The molecule has 1 fully saturated rings. The number of fused-ring (bicyclic) bond motifs is 3. The van der Waals surface area contributed by atoms with Gasteiger partial charge < -0.3 is 15.0 Å². The lowest BCUT2D eigenvalue weighted by molar-refractivity contribution is 0.304. The van der Waals surface area contributed by atoms with E-state index in [4.69, 9.17) is 4.74 Å². The minimum Gasteiger partial charge on any atom is -0.491 e. The van der Waals surface area contributed by atoms with E-state index in [-0.39, 0.29) is 0 Å². The van der Waals surface area contributed by atoms with Gasteiger partial charge in [0.1, 0.15) is 5.75 Å². The van der Waals surface area contributed by atoms with Gasteiger partial charge in [-0.05, 0) is 30.2 Å². The van der Waals surface area contributed by atoms with E-state index in [2.05, 4.69) is 59.6 Å². The van der Waals surface area contributed by atoms with Crippen LogP contribution in [0.5, 0.6) is 5.75 Å². The lowest BCUT2D eigenvalue weighted by atomic mass is 10.0. The van der Waals surface area contributed by atoms with Gasteiger partial charge in [0.15, 0.2) is 0 Å². The SMILES string of the molecule is Cc1cccc(-c2ccc3c(c2)N2CCNCC2CCO3)c1. The van der Waals surface area contributed by atoms with Crippen molar-refractivity contribution in [3.8, 4) is 16.9 Å². The maximum atomic E-state index is 5.99. The van der Waals surface area contributed by atoms with Crippen molar-refractivity contribution < 1.29 is 4.74 Å². The van der Waals surface area contributed by atoms with Crippen molar-refractivity contribution in [1.29, 1.82) is 0 Å². The monoisotopic (exact) mass is 294 g/mol. The molecule has 2 heterocycles. The summed E-state index contributed by atoms with van der Waals surface area (Å²) in [5.41, 5.74) is 5.09. The molecule has 0 aliphatic carbocycles. The predicted octanol–water partition coefficient (Wildman–Crippen LogP) is 3.22. The Morgan fingerprint density at radius 3 is 2.95 bits per heavy atom. The van der Waals surface area contributed by atoms with Crippen LogP contribution in [-0.4, -0.2) is 32.3 Å². The molecule has 0 amide bonds. The third kappa shape index (κ3) is 2.46. The molecule has 1 N–H and O–H groups in total. The zero-order valence-corrected chi connectivity index (χ0v) is 13.0. The van der Waals surface area contributed by atoms with Gasteiger partial charge in [-0.25, -0.2) is 0 Å². The molecule has 3 nitrogen and oxygen atoms in total. The van der Waals surface area contributed by atoms with E-state index in [1.54, 1.807) is 0 Å². The van der Waals surface area contributed by atoms with Gasteiger partial charge in [0.05, 0.1) is 12.3 Å². The summed E-state index contributed by atoms with van der Waals surface area (Å²) in [5, 5.41) is 3.50. The number of hydrogen-bond acceptors (Lipinski definition) is 3. The zero-order chi connectivity index (χ0) is 14.9. The van der Waals surface area contributed by atoms with E-state index in [9.17, 15) is 0 Å². The minimum atomic E-state index is 0.544. The highest BCUT2D eigenvalue weighted by Gasteiger charge is 2.27. The number of benzene rings is 2. The molecule has 0 bridgehead atoms. The Bertz CT molecular complexity index is 683. The average Bonchev–Trinajstić information content (AvgIpc) is 2.74. The van der Waals surface area contributed by atoms with Crippen LogP contribution in [-0.2, 0) is 0 Å². The van der Waals surface area contributed by atoms with E-state index in [1.165, 1.54) is 22.4 Å². The summed E-state index contributed by atoms with van der Waals surface area (Å²) in [6.07, 6.45) is 1.08. The van der Waals surface area contributed by atoms with Crippen LogP contribution in [0.1, 0.15) is 12.0 Å². The van der Waals surface area contributed by atoms with Gasteiger partial charge in [0, 0.05) is 32.1 Å². The number of rotatable bonds is 1. The molecule has 4 rings (SSSR count). The van der Waals surface area contributed by atoms with Crippen molar-refractivity contribution in [3.63, 3.8) is 0 Å². The summed E-state index contributed by atoms with van der Waals surface area (Å²) in [5.74, 6) is 1.03. The fraction of sp³-hybridized carbons (Fsp3) is 0.368. The molecule has 2 aromatic carbocycles. The Labute approximate surface area is 131 Å². The van der Waals surface area contributed by atoms with E-state index < -0.39 is 0 Å². The van der Waals surface area contributed by atoms with E-state index in [0.29, 0.717) is 6.04 Å². The zero-order valence-electron chi connectivity index (χ0n) is 13.0. The summed E-state index contributed by atoms with van der Waals surface area (Å²) in [7, 11) is 0. The van der Waals surface area contributed by atoms with E-state index >= 15 is 0 Å². The lowest BCUT2D eigenvalue weighted by Gasteiger charge is -2.36. The van der Waals surface area contributed by atoms with Crippen LogP contribution in [0, 0.1) is 6.92 Å². The molecule has 0 saturated carbocycles.